The van der Waals surface area contributed by atoms with E-state index in [1.807, 2.05) is 6.92 Å². The molecule has 2 aromatic carbocycles. The van der Waals surface area contributed by atoms with Crippen LogP contribution in [-0.4, -0.2) is 37.9 Å². The third-order valence-corrected chi connectivity index (χ3v) is 7.30. The number of benzene rings is 2. The average Bonchev–Trinajstić information content (AvgIpc) is 2.70. The van der Waals surface area contributed by atoms with E-state index < -0.39 is 10.0 Å². The number of amides is 1. The fourth-order valence-corrected chi connectivity index (χ4v) is 5.01. The maximum absolute atomic E-state index is 12.7. The number of piperidine rings is 1. The van der Waals surface area contributed by atoms with E-state index in [9.17, 15) is 13.2 Å². The number of nitrogens with zero attached hydrogens (tertiary/aromatic N) is 2. The van der Waals surface area contributed by atoms with Gasteiger partial charge in [0.1, 0.15) is 0 Å². The number of carbonyl (C=O) groups is 1. The Bertz CT molecular complexity index is 1020. The van der Waals surface area contributed by atoms with Crippen LogP contribution in [0.5, 0.6) is 0 Å². The van der Waals surface area contributed by atoms with Crippen LogP contribution in [-0.2, 0) is 14.8 Å². The van der Waals surface area contributed by atoms with Crippen molar-refractivity contribution >= 4 is 45.3 Å². The van der Waals surface area contributed by atoms with Crippen molar-refractivity contribution in [2.24, 2.45) is 11.0 Å². The molecule has 0 radical (unpaired) electrons. The van der Waals surface area contributed by atoms with E-state index >= 15 is 0 Å². The molecule has 154 valence electrons. The summed E-state index contributed by atoms with van der Waals surface area (Å²) in [6.45, 7) is 2.49. The fourth-order valence-electron chi connectivity index (χ4n) is 3.08. The number of hydrogen-bond acceptors (Lipinski definition) is 4. The molecule has 2 aromatic rings. The van der Waals surface area contributed by atoms with Gasteiger partial charge in [0.15, 0.2) is 0 Å². The number of sulfonamides is 1. The van der Waals surface area contributed by atoms with Crippen molar-refractivity contribution in [1.82, 2.24) is 9.73 Å². The smallest absolute Gasteiger partial charge is 0.243 e. The first kappa shape index (κ1) is 21.8. The molecule has 1 fully saturated rings. The molecule has 0 atom stereocenters. The summed E-state index contributed by atoms with van der Waals surface area (Å²) in [5.74, 6) is -0.531. The van der Waals surface area contributed by atoms with Gasteiger partial charge in [-0.3, -0.25) is 4.79 Å². The van der Waals surface area contributed by atoms with Gasteiger partial charge < -0.3 is 0 Å². The molecule has 0 unspecified atom stereocenters. The lowest BCUT2D eigenvalue weighted by Crippen LogP contribution is -2.42. The Morgan fingerprint density at radius 1 is 1.14 bits per heavy atom. The lowest BCUT2D eigenvalue weighted by Gasteiger charge is -2.30. The summed E-state index contributed by atoms with van der Waals surface area (Å²) in [6, 6.07) is 11.8. The normalized spacial score (nSPS) is 16.2. The lowest BCUT2D eigenvalue weighted by molar-refractivity contribution is -0.126. The van der Waals surface area contributed by atoms with Gasteiger partial charge in [-0.2, -0.15) is 9.41 Å². The summed E-state index contributed by atoms with van der Waals surface area (Å²) in [5, 5.41) is 4.90. The maximum atomic E-state index is 12.7. The van der Waals surface area contributed by atoms with Gasteiger partial charge in [-0.25, -0.2) is 13.8 Å². The third-order valence-electron chi connectivity index (χ3n) is 4.82. The van der Waals surface area contributed by atoms with Gasteiger partial charge in [0, 0.05) is 29.6 Å². The molecular weight excluding hydrogens is 433 g/mol. The van der Waals surface area contributed by atoms with Gasteiger partial charge in [0.25, 0.3) is 0 Å². The van der Waals surface area contributed by atoms with Crippen molar-refractivity contribution in [3.05, 3.63) is 63.6 Å². The Morgan fingerprint density at radius 2 is 1.79 bits per heavy atom. The van der Waals surface area contributed by atoms with Crippen LogP contribution in [0.3, 0.4) is 0 Å². The van der Waals surface area contributed by atoms with E-state index in [1.165, 1.54) is 10.5 Å². The SMILES string of the molecule is Cc1ccc(S(=O)(=O)N2CCC(C(=O)N/N=C\c3ccc(Cl)cc3Cl)CC2)cc1. The molecule has 0 saturated carbocycles. The predicted molar refractivity (Wildman–Crippen MR) is 115 cm³/mol. The monoisotopic (exact) mass is 453 g/mol. The molecule has 0 bridgehead atoms. The van der Waals surface area contributed by atoms with E-state index in [0.29, 0.717) is 41.5 Å². The molecule has 0 aliphatic carbocycles. The summed E-state index contributed by atoms with van der Waals surface area (Å²) in [5.41, 5.74) is 4.14. The standard InChI is InChI=1S/C20H21Cl2N3O3S/c1-14-2-6-18(7-3-14)29(27,28)25-10-8-15(9-11-25)20(26)24-23-13-16-4-5-17(21)12-19(16)22/h2-7,12-13,15H,8-11H2,1H3,(H,24,26)/b23-13-. The Hall–Kier alpha value is -1.93. The molecule has 1 N–H and O–H groups in total. The maximum Gasteiger partial charge on any atom is 0.243 e. The Morgan fingerprint density at radius 3 is 2.41 bits per heavy atom. The van der Waals surface area contributed by atoms with Crippen LogP contribution < -0.4 is 5.43 Å². The molecule has 29 heavy (non-hydrogen) atoms. The van der Waals surface area contributed by atoms with Crippen LogP contribution in [0, 0.1) is 12.8 Å². The van der Waals surface area contributed by atoms with Gasteiger partial charge in [-0.05, 0) is 44.0 Å². The second-order valence-electron chi connectivity index (χ2n) is 6.89. The molecule has 1 heterocycles. The molecule has 1 aliphatic rings. The van der Waals surface area contributed by atoms with Gasteiger partial charge in [-0.15, -0.1) is 0 Å². The van der Waals surface area contributed by atoms with Crippen LogP contribution in [0.1, 0.15) is 24.0 Å². The van der Waals surface area contributed by atoms with E-state index in [4.69, 9.17) is 23.2 Å². The van der Waals surface area contributed by atoms with E-state index in [0.717, 1.165) is 5.56 Å². The summed E-state index contributed by atoms with van der Waals surface area (Å²) in [6.07, 6.45) is 2.33. The second kappa shape index (κ2) is 9.26. The van der Waals surface area contributed by atoms with E-state index in [2.05, 4.69) is 10.5 Å². The molecule has 3 rings (SSSR count). The number of carbonyl (C=O) groups excluding carboxylic acids is 1. The first-order chi connectivity index (χ1) is 13.8. The average molecular weight is 454 g/mol. The van der Waals surface area contributed by atoms with Gasteiger partial charge >= 0.3 is 0 Å². The molecule has 1 aliphatic heterocycles. The zero-order valence-corrected chi connectivity index (χ0v) is 18.1. The third kappa shape index (κ3) is 5.36. The topological polar surface area (TPSA) is 78.8 Å². The zero-order chi connectivity index (χ0) is 21.0. The summed E-state index contributed by atoms with van der Waals surface area (Å²) >= 11 is 11.9. The fraction of sp³-hybridized carbons (Fsp3) is 0.300. The zero-order valence-electron chi connectivity index (χ0n) is 15.8. The number of hydrogen-bond donors (Lipinski definition) is 1. The van der Waals surface area contributed by atoms with Crippen LogP contribution in [0.2, 0.25) is 10.0 Å². The van der Waals surface area contributed by atoms with Crippen molar-refractivity contribution in [3.63, 3.8) is 0 Å². The van der Waals surface area contributed by atoms with E-state index in [1.54, 1.807) is 42.5 Å². The minimum atomic E-state index is -3.54. The number of halogens is 2. The lowest BCUT2D eigenvalue weighted by atomic mass is 9.98. The molecule has 0 aromatic heterocycles. The van der Waals surface area contributed by atoms with Crippen molar-refractivity contribution < 1.29 is 13.2 Å². The number of rotatable bonds is 5. The minimum Gasteiger partial charge on any atom is -0.273 e. The highest BCUT2D eigenvalue weighted by atomic mass is 35.5. The predicted octanol–water partition coefficient (Wildman–Crippen LogP) is 3.85. The van der Waals surface area contributed by atoms with Crippen molar-refractivity contribution in [1.29, 1.82) is 0 Å². The van der Waals surface area contributed by atoms with Crippen LogP contribution in [0.25, 0.3) is 0 Å². The Kier molecular flexibility index (Phi) is 6.95. The van der Waals surface area contributed by atoms with Crippen LogP contribution in [0.15, 0.2) is 52.5 Å². The van der Waals surface area contributed by atoms with Gasteiger partial charge in [0.05, 0.1) is 16.1 Å². The quantitative estimate of drug-likeness (QED) is 0.551. The minimum absolute atomic E-state index is 0.237. The summed E-state index contributed by atoms with van der Waals surface area (Å²) in [4.78, 5) is 12.6. The highest BCUT2D eigenvalue weighted by Crippen LogP contribution is 2.24. The first-order valence-corrected chi connectivity index (χ1v) is 11.3. The first-order valence-electron chi connectivity index (χ1n) is 9.12. The molecule has 1 saturated heterocycles. The second-order valence-corrected chi connectivity index (χ2v) is 9.67. The molecule has 6 nitrogen and oxygen atoms in total. The molecular formula is C20H21Cl2N3O3S. The van der Waals surface area contributed by atoms with Gasteiger partial charge in [-0.1, -0.05) is 47.0 Å². The van der Waals surface area contributed by atoms with E-state index in [-0.39, 0.29) is 16.7 Å². The highest BCUT2D eigenvalue weighted by Gasteiger charge is 2.32. The summed E-state index contributed by atoms with van der Waals surface area (Å²) in [7, 11) is -3.54. The number of aryl methyl sites for hydroxylation is 1. The number of nitrogens with one attached hydrogen (secondary N) is 1. The Labute approximate surface area is 180 Å². The van der Waals surface area contributed by atoms with Gasteiger partial charge in [0.2, 0.25) is 15.9 Å². The summed E-state index contributed by atoms with van der Waals surface area (Å²) < 4.78 is 26.9. The number of hydrazone groups is 1. The highest BCUT2D eigenvalue weighted by molar-refractivity contribution is 7.89. The Balaban J connectivity index is 1.55. The van der Waals surface area contributed by atoms with Crippen molar-refractivity contribution in [2.45, 2.75) is 24.7 Å². The molecule has 1 amide bonds. The van der Waals surface area contributed by atoms with Crippen LogP contribution in [0.4, 0.5) is 0 Å². The largest absolute Gasteiger partial charge is 0.273 e. The van der Waals surface area contributed by atoms with Crippen molar-refractivity contribution in [3.8, 4) is 0 Å². The molecule has 9 heteroatoms. The van der Waals surface area contributed by atoms with Crippen molar-refractivity contribution in [2.75, 3.05) is 13.1 Å². The molecule has 0 spiro atoms. The van der Waals surface area contributed by atoms with Crippen LogP contribution >= 0.6 is 23.2 Å².